The number of amides is 1. The van der Waals surface area contributed by atoms with Gasteiger partial charge in [-0.05, 0) is 36.4 Å². The van der Waals surface area contributed by atoms with Crippen LogP contribution in [0.1, 0.15) is 10.5 Å². The maximum atomic E-state index is 13.0. The van der Waals surface area contributed by atoms with Crippen LogP contribution >= 0.6 is 23.2 Å². The molecule has 118 valence electrons. The van der Waals surface area contributed by atoms with E-state index in [2.05, 4.69) is 4.98 Å². The van der Waals surface area contributed by atoms with Crippen molar-refractivity contribution in [3.63, 3.8) is 0 Å². The molecule has 5 nitrogen and oxygen atoms in total. The van der Waals surface area contributed by atoms with Crippen LogP contribution in [0.25, 0.3) is 10.9 Å². The van der Waals surface area contributed by atoms with Crippen molar-refractivity contribution in [2.45, 2.75) is 9.79 Å². The molecule has 8 heteroatoms. The van der Waals surface area contributed by atoms with Gasteiger partial charge in [-0.25, -0.2) is 8.42 Å². The highest BCUT2D eigenvalue weighted by Crippen LogP contribution is 2.33. The van der Waals surface area contributed by atoms with Gasteiger partial charge < -0.3 is 10.7 Å². The molecule has 3 rings (SSSR count). The molecule has 0 atom stereocenters. The Bertz CT molecular complexity index is 1040. The van der Waals surface area contributed by atoms with Crippen LogP contribution in [0, 0.1) is 0 Å². The minimum absolute atomic E-state index is 0.0339. The molecular weight excluding hydrogens is 359 g/mol. The van der Waals surface area contributed by atoms with Crippen molar-refractivity contribution < 1.29 is 13.2 Å². The van der Waals surface area contributed by atoms with E-state index in [0.717, 1.165) is 0 Å². The van der Waals surface area contributed by atoms with E-state index >= 15 is 0 Å². The van der Waals surface area contributed by atoms with Gasteiger partial charge in [0.15, 0.2) is 0 Å². The van der Waals surface area contributed by atoms with Crippen LogP contribution in [-0.2, 0) is 9.84 Å². The molecule has 1 amide bonds. The summed E-state index contributed by atoms with van der Waals surface area (Å²) in [6, 6.07) is 10.4. The Kier molecular flexibility index (Phi) is 3.83. The van der Waals surface area contributed by atoms with E-state index in [1.165, 1.54) is 24.3 Å². The SMILES string of the molecule is NC(=O)c1[nH]c2ccc(Cl)cc2c1S(=O)(=O)c1cccc(Cl)c1. The highest BCUT2D eigenvalue weighted by Gasteiger charge is 2.29. The first-order valence-corrected chi connectivity index (χ1v) is 8.66. The summed E-state index contributed by atoms with van der Waals surface area (Å²) in [5, 5.41) is 0.908. The van der Waals surface area contributed by atoms with Crippen molar-refractivity contribution in [1.82, 2.24) is 4.98 Å². The molecule has 1 aromatic heterocycles. The topological polar surface area (TPSA) is 93.0 Å². The van der Waals surface area contributed by atoms with Crippen LogP contribution in [0.2, 0.25) is 10.0 Å². The number of carbonyl (C=O) groups is 1. The number of nitrogens with two attached hydrogens (primary N) is 1. The molecule has 0 fully saturated rings. The van der Waals surface area contributed by atoms with Crippen molar-refractivity contribution in [3.8, 4) is 0 Å². The second-order valence-electron chi connectivity index (χ2n) is 4.84. The summed E-state index contributed by atoms with van der Waals surface area (Å²) in [5.74, 6) is -0.877. The number of H-pyrrole nitrogens is 1. The molecule has 0 radical (unpaired) electrons. The number of aromatic amines is 1. The number of hydrogen-bond donors (Lipinski definition) is 2. The molecule has 0 aliphatic rings. The van der Waals surface area contributed by atoms with Crippen LogP contribution < -0.4 is 5.73 Å². The molecule has 23 heavy (non-hydrogen) atoms. The highest BCUT2D eigenvalue weighted by atomic mass is 35.5. The summed E-state index contributed by atoms with van der Waals surface area (Å²) in [7, 11) is -4.01. The standard InChI is InChI=1S/C15H10Cl2N2O3S/c16-8-2-1-3-10(6-8)23(21,22)14-11-7-9(17)4-5-12(11)19-13(14)15(18)20/h1-7,19H,(H2,18,20). The number of rotatable bonds is 3. The maximum absolute atomic E-state index is 13.0. The van der Waals surface area contributed by atoms with Gasteiger partial charge in [-0.2, -0.15) is 0 Å². The molecule has 0 bridgehead atoms. The lowest BCUT2D eigenvalue weighted by atomic mass is 10.2. The quantitative estimate of drug-likeness (QED) is 0.741. The van der Waals surface area contributed by atoms with Crippen molar-refractivity contribution >= 4 is 49.8 Å². The second kappa shape index (κ2) is 5.56. The maximum Gasteiger partial charge on any atom is 0.266 e. The predicted octanol–water partition coefficient (Wildman–Crippen LogP) is 3.41. The average Bonchev–Trinajstić information content (AvgIpc) is 2.86. The number of primary amides is 1. The van der Waals surface area contributed by atoms with E-state index in [1.807, 2.05) is 0 Å². The van der Waals surface area contributed by atoms with Gasteiger partial charge in [-0.15, -0.1) is 0 Å². The smallest absolute Gasteiger partial charge is 0.266 e. The van der Waals surface area contributed by atoms with Crippen LogP contribution in [0.4, 0.5) is 0 Å². The number of benzene rings is 2. The molecule has 1 heterocycles. The Hall–Kier alpha value is -2.02. The molecule has 3 N–H and O–H groups in total. The normalized spacial score (nSPS) is 11.7. The lowest BCUT2D eigenvalue weighted by molar-refractivity contribution is 0.0993. The lowest BCUT2D eigenvalue weighted by Crippen LogP contribution is -2.16. The minimum Gasteiger partial charge on any atom is -0.364 e. The third kappa shape index (κ3) is 2.69. The van der Waals surface area contributed by atoms with E-state index in [0.29, 0.717) is 15.9 Å². The monoisotopic (exact) mass is 368 g/mol. The summed E-state index contributed by atoms with van der Waals surface area (Å²) < 4.78 is 25.9. The van der Waals surface area contributed by atoms with Crippen LogP contribution in [-0.4, -0.2) is 19.3 Å². The number of sulfone groups is 1. The van der Waals surface area contributed by atoms with Crippen molar-refractivity contribution in [2.75, 3.05) is 0 Å². The summed E-state index contributed by atoms with van der Waals surface area (Å²) in [5.41, 5.74) is 5.58. The first-order chi connectivity index (χ1) is 10.8. The summed E-state index contributed by atoms with van der Waals surface area (Å²) in [6.07, 6.45) is 0. The number of carbonyl (C=O) groups excluding carboxylic acids is 1. The van der Waals surface area contributed by atoms with Crippen LogP contribution in [0.3, 0.4) is 0 Å². The Labute approximate surface area is 141 Å². The average molecular weight is 369 g/mol. The van der Waals surface area contributed by atoms with Gasteiger partial charge in [0.25, 0.3) is 5.91 Å². The second-order valence-corrected chi connectivity index (χ2v) is 7.60. The number of aromatic nitrogens is 1. The third-order valence-electron chi connectivity index (χ3n) is 3.33. The Morgan fingerprint density at radius 2 is 1.74 bits per heavy atom. The van der Waals surface area contributed by atoms with Crippen molar-refractivity contribution in [3.05, 3.63) is 58.2 Å². The van der Waals surface area contributed by atoms with E-state index < -0.39 is 15.7 Å². The highest BCUT2D eigenvalue weighted by molar-refractivity contribution is 7.91. The molecule has 2 aromatic carbocycles. The Morgan fingerprint density at radius 1 is 1.04 bits per heavy atom. The van der Waals surface area contributed by atoms with Gasteiger partial charge >= 0.3 is 0 Å². The number of nitrogens with one attached hydrogen (secondary N) is 1. The molecule has 0 saturated carbocycles. The molecule has 3 aromatic rings. The van der Waals surface area contributed by atoms with E-state index in [-0.39, 0.29) is 20.5 Å². The fourth-order valence-electron chi connectivity index (χ4n) is 2.34. The largest absolute Gasteiger partial charge is 0.364 e. The van der Waals surface area contributed by atoms with Gasteiger partial charge in [-0.1, -0.05) is 29.3 Å². The number of fused-ring (bicyclic) bond motifs is 1. The van der Waals surface area contributed by atoms with E-state index in [4.69, 9.17) is 28.9 Å². The fraction of sp³-hybridized carbons (Fsp3) is 0. The van der Waals surface area contributed by atoms with E-state index in [9.17, 15) is 13.2 Å². The Morgan fingerprint density at radius 3 is 2.39 bits per heavy atom. The Balaban J connectivity index is 2.40. The fourth-order valence-corrected chi connectivity index (χ4v) is 4.43. The first-order valence-electron chi connectivity index (χ1n) is 6.42. The number of hydrogen-bond acceptors (Lipinski definition) is 3. The van der Waals surface area contributed by atoms with Crippen molar-refractivity contribution in [2.24, 2.45) is 5.73 Å². The predicted molar refractivity (Wildman–Crippen MR) is 88.7 cm³/mol. The van der Waals surface area contributed by atoms with Gasteiger partial charge in [0.05, 0.1) is 4.90 Å². The number of halogens is 2. The summed E-state index contributed by atoms with van der Waals surface area (Å²) in [4.78, 5) is 14.2. The summed E-state index contributed by atoms with van der Waals surface area (Å²) in [6.45, 7) is 0. The van der Waals surface area contributed by atoms with Gasteiger partial charge in [0.1, 0.15) is 10.6 Å². The van der Waals surface area contributed by atoms with Gasteiger partial charge in [-0.3, -0.25) is 4.79 Å². The molecule has 0 spiro atoms. The zero-order valence-electron chi connectivity index (χ0n) is 11.5. The summed E-state index contributed by atoms with van der Waals surface area (Å²) >= 11 is 11.8. The lowest BCUT2D eigenvalue weighted by Gasteiger charge is -2.06. The molecule has 0 aliphatic carbocycles. The molecular formula is C15H10Cl2N2O3S. The third-order valence-corrected chi connectivity index (χ3v) is 5.64. The van der Waals surface area contributed by atoms with E-state index in [1.54, 1.807) is 18.2 Å². The van der Waals surface area contributed by atoms with Crippen molar-refractivity contribution in [1.29, 1.82) is 0 Å². The molecule has 0 unspecified atom stereocenters. The first kappa shape index (κ1) is 15.9. The van der Waals surface area contributed by atoms with Crippen LogP contribution in [0.5, 0.6) is 0 Å². The zero-order chi connectivity index (χ0) is 16.8. The minimum atomic E-state index is -4.01. The van der Waals surface area contributed by atoms with Crippen LogP contribution in [0.15, 0.2) is 52.3 Å². The zero-order valence-corrected chi connectivity index (χ0v) is 13.8. The van der Waals surface area contributed by atoms with Gasteiger partial charge in [0.2, 0.25) is 9.84 Å². The van der Waals surface area contributed by atoms with Gasteiger partial charge in [0, 0.05) is 20.9 Å². The molecule has 0 saturated heterocycles. The molecule has 0 aliphatic heterocycles.